The van der Waals surface area contributed by atoms with E-state index in [9.17, 15) is 9.18 Å². The van der Waals surface area contributed by atoms with Crippen molar-refractivity contribution in [2.24, 2.45) is 0 Å². The van der Waals surface area contributed by atoms with Crippen molar-refractivity contribution in [1.29, 1.82) is 0 Å². The first kappa shape index (κ1) is 17.8. The van der Waals surface area contributed by atoms with Gasteiger partial charge in [0.15, 0.2) is 11.5 Å². The Hall–Kier alpha value is -2.96. The Bertz CT molecular complexity index is 787. The van der Waals surface area contributed by atoms with Gasteiger partial charge in [0, 0.05) is 0 Å². The Kier molecular flexibility index (Phi) is 5.16. The van der Waals surface area contributed by atoms with Crippen LogP contribution in [0.1, 0.15) is 10.4 Å². The van der Waals surface area contributed by atoms with Crippen LogP contribution in [-0.2, 0) is 0 Å². The SMILES string of the molecule is COc1ccc(C(=O)N2CC(Oc3ccc(F)cc3)C2)c(OC)c1OC. The van der Waals surface area contributed by atoms with E-state index in [0.29, 0.717) is 41.7 Å². The summed E-state index contributed by atoms with van der Waals surface area (Å²) in [5.74, 6) is 1.28. The molecule has 2 aromatic carbocycles. The average Bonchev–Trinajstić information content (AvgIpc) is 2.63. The van der Waals surface area contributed by atoms with Gasteiger partial charge in [0.1, 0.15) is 17.7 Å². The average molecular weight is 361 g/mol. The zero-order valence-electron chi connectivity index (χ0n) is 14.8. The van der Waals surface area contributed by atoms with Crippen LogP contribution < -0.4 is 18.9 Å². The second kappa shape index (κ2) is 7.51. The van der Waals surface area contributed by atoms with Crippen LogP contribution in [0.2, 0.25) is 0 Å². The molecule has 1 aliphatic rings. The van der Waals surface area contributed by atoms with E-state index in [-0.39, 0.29) is 17.8 Å². The Balaban J connectivity index is 1.68. The molecule has 0 spiro atoms. The highest BCUT2D eigenvalue weighted by molar-refractivity contribution is 5.98. The van der Waals surface area contributed by atoms with Crippen LogP contribution >= 0.6 is 0 Å². The van der Waals surface area contributed by atoms with Crippen molar-refractivity contribution >= 4 is 5.91 Å². The predicted octanol–water partition coefficient (Wildman–Crippen LogP) is 2.75. The lowest BCUT2D eigenvalue weighted by atomic mass is 10.1. The van der Waals surface area contributed by atoms with Crippen LogP contribution in [0.25, 0.3) is 0 Å². The first-order valence-corrected chi connectivity index (χ1v) is 8.07. The number of likely N-dealkylation sites (tertiary alicyclic amines) is 1. The quantitative estimate of drug-likeness (QED) is 0.792. The van der Waals surface area contributed by atoms with Crippen LogP contribution in [0.4, 0.5) is 4.39 Å². The molecule has 6 nitrogen and oxygen atoms in total. The predicted molar refractivity (Wildman–Crippen MR) is 92.8 cm³/mol. The van der Waals surface area contributed by atoms with Gasteiger partial charge in [-0.15, -0.1) is 0 Å². The molecule has 138 valence electrons. The molecule has 1 amide bonds. The van der Waals surface area contributed by atoms with Crippen LogP contribution in [0.3, 0.4) is 0 Å². The molecule has 7 heteroatoms. The fourth-order valence-corrected chi connectivity index (χ4v) is 2.82. The number of amides is 1. The Morgan fingerprint density at radius 1 is 0.962 bits per heavy atom. The molecule has 0 radical (unpaired) electrons. The molecular formula is C19H20FNO5. The molecule has 1 aliphatic heterocycles. The molecule has 1 saturated heterocycles. The third kappa shape index (κ3) is 3.37. The Labute approximate surface area is 151 Å². The summed E-state index contributed by atoms with van der Waals surface area (Å²) < 4.78 is 34.6. The summed E-state index contributed by atoms with van der Waals surface area (Å²) in [6.07, 6.45) is -0.129. The van der Waals surface area contributed by atoms with Crippen LogP contribution in [0, 0.1) is 5.82 Å². The smallest absolute Gasteiger partial charge is 0.258 e. The molecule has 0 aromatic heterocycles. The van der Waals surface area contributed by atoms with E-state index in [2.05, 4.69) is 0 Å². The second-order valence-corrected chi connectivity index (χ2v) is 5.79. The molecule has 3 rings (SSSR count). The normalized spacial score (nSPS) is 13.8. The van der Waals surface area contributed by atoms with Gasteiger partial charge >= 0.3 is 0 Å². The largest absolute Gasteiger partial charge is 0.493 e. The fraction of sp³-hybridized carbons (Fsp3) is 0.316. The summed E-state index contributed by atoms with van der Waals surface area (Å²) in [5, 5.41) is 0. The molecule has 0 aliphatic carbocycles. The number of carbonyl (C=O) groups excluding carboxylic acids is 1. The molecule has 1 fully saturated rings. The lowest BCUT2D eigenvalue weighted by Crippen LogP contribution is -2.56. The molecule has 0 atom stereocenters. The standard InChI is InChI=1S/C19H20FNO5/c1-23-16-9-8-15(17(24-2)18(16)25-3)19(22)21-10-14(11-21)26-13-6-4-12(20)5-7-13/h4-9,14H,10-11H2,1-3H3. The Morgan fingerprint density at radius 3 is 2.19 bits per heavy atom. The third-order valence-electron chi connectivity index (χ3n) is 4.19. The van der Waals surface area contributed by atoms with Crippen molar-refractivity contribution in [3.05, 3.63) is 47.8 Å². The monoisotopic (exact) mass is 361 g/mol. The van der Waals surface area contributed by atoms with Gasteiger partial charge in [-0.2, -0.15) is 0 Å². The maximum atomic E-state index is 12.9. The zero-order valence-corrected chi connectivity index (χ0v) is 14.8. The molecule has 26 heavy (non-hydrogen) atoms. The molecule has 1 heterocycles. The topological polar surface area (TPSA) is 57.2 Å². The molecule has 0 saturated carbocycles. The van der Waals surface area contributed by atoms with E-state index < -0.39 is 0 Å². The first-order chi connectivity index (χ1) is 12.6. The number of halogens is 1. The minimum absolute atomic E-state index is 0.129. The number of methoxy groups -OCH3 is 3. The van der Waals surface area contributed by atoms with E-state index in [1.54, 1.807) is 29.2 Å². The maximum absolute atomic E-state index is 12.9. The van der Waals surface area contributed by atoms with E-state index in [1.165, 1.54) is 33.5 Å². The minimum Gasteiger partial charge on any atom is -0.493 e. The van der Waals surface area contributed by atoms with Crippen molar-refractivity contribution in [1.82, 2.24) is 4.90 Å². The minimum atomic E-state index is -0.316. The second-order valence-electron chi connectivity index (χ2n) is 5.79. The number of hydrogen-bond donors (Lipinski definition) is 0. The first-order valence-electron chi connectivity index (χ1n) is 8.07. The third-order valence-corrected chi connectivity index (χ3v) is 4.19. The molecule has 0 bridgehead atoms. The van der Waals surface area contributed by atoms with Crippen LogP contribution in [0.5, 0.6) is 23.0 Å². The number of nitrogens with zero attached hydrogens (tertiary/aromatic N) is 1. The number of carbonyl (C=O) groups is 1. The lowest BCUT2D eigenvalue weighted by molar-refractivity contribution is 0.0175. The number of ether oxygens (including phenoxy) is 4. The van der Waals surface area contributed by atoms with Gasteiger partial charge in [-0.05, 0) is 36.4 Å². The summed E-state index contributed by atoms with van der Waals surface area (Å²) in [6, 6.07) is 9.13. The number of hydrogen-bond acceptors (Lipinski definition) is 5. The number of rotatable bonds is 6. The maximum Gasteiger partial charge on any atom is 0.258 e. The van der Waals surface area contributed by atoms with Crippen molar-refractivity contribution < 1.29 is 28.1 Å². The fourth-order valence-electron chi connectivity index (χ4n) is 2.82. The van der Waals surface area contributed by atoms with Gasteiger partial charge in [0.05, 0.1) is 40.0 Å². The molecular weight excluding hydrogens is 341 g/mol. The van der Waals surface area contributed by atoms with Crippen LogP contribution in [0.15, 0.2) is 36.4 Å². The van der Waals surface area contributed by atoms with Gasteiger partial charge in [-0.3, -0.25) is 4.79 Å². The molecule has 2 aromatic rings. The van der Waals surface area contributed by atoms with E-state index in [1.807, 2.05) is 0 Å². The summed E-state index contributed by atoms with van der Waals surface area (Å²) in [6.45, 7) is 0.876. The molecule has 0 N–H and O–H groups in total. The van der Waals surface area contributed by atoms with Crippen molar-refractivity contribution in [3.8, 4) is 23.0 Å². The van der Waals surface area contributed by atoms with Gasteiger partial charge in [0.2, 0.25) is 5.75 Å². The van der Waals surface area contributed by atoms with E-state index in [4.69, 9.17) is 18.9 Å². The van der Waals surface area contributed by atoms with E-state index >= 15 is 0 Å². The highest BCUT2D eigenvalue weighted by atomic mass is 19.1. The summed E-state index contributed by atoms with van der Waals surface area (Å²) in [7, 11) is 4.49. The van der Waals surface area contributed by atoms with Gasteiger partial charge in [-0.25, -0.2) is 4.39 Å². The van der Waals surface area contributed by atoms with Gasteiger partial charge in [0.25, 0.3) is 5.91 Å². The summed E-state index contributed by atoms with van der Waals surface area (Å²) in [4.78, 5) is 14.4. The number of benzene rings is 2. The van der Waals surface area contributed by atoms with Crippen LogP contribution in [-0.4, -0.2) is 51.3 Å². The molecule has 0 unspecified atom stereocenters. The van der Waals surface area contributed by atoms with Crippen molar-refractivity contribution in [2.45, 2.75) is 6.10 Å². The van der Waals surface area contributed by atoms with Gasteiger partial charge in [-0.1, -0.05) is 0 Å². The zero-order chi connectivity index (χ0) is 18.7. The highest BCUT2D eigenvalue weighted by Crippen LogP contribution is 2.40. The van der Waals surface area contributed by atoms with Crippen molar-refractivity contribution in [2.75, 3.05) is 34.4 Å². The van der Waals surface area contributed by atoms with Gasteiger partial charge < -0.3 is 23.8 Å². The summed E-state index contributed by atoms with van der Waals surface area (Å²) >= 11 is 0. The highest BCUT2D eigenvalue weighted by Gasteiger charge is 2.35. The Morgan fingerprint density at radius 2 is 1.62 bits per heavy atom. The lowest BCUT2D eigenvalue weighted by Gasteiger charge is -2.39. The summed E-state index contributed by atoms with van der Waals surface area (Å²) in [5.41, 5.74) is 0.394. The van der Waals surface area contributed by atoms with Crippen molar-refractivity contribution in [3.63, 3.8) is 0 Å². The van der Waals surface area contributed by atoms with E-state index in [0.717, 1.165) is 0 Å².